The Balaban J connectivity index is 1.94. The van der Waals surface area contributed by atoms with Gasteiger partial charge in [-0.15, -0.1) is 0 Å². The second kappa shape index (κ2) is 6.46. The fourth-order valence-electron chi connectivity index (χ4n) is 1.94. The minimum Gasteiger partial charge on any atom is -0.493 e. The van der Waals surface area contributed by atoms with Gasteiger partial charge in [-0.05, 0) is 30.5 Å². The summed E-state index contributed by atoms with van der Waals surface area (Å²) < 4.78 is 7.48. The molecule has 0 saturated carbocycles. The quantitative estimate of drug-likeness (QED) is 0.873. The minimum absolute atomic E-state index is 0.235. The molecule has 1 aromatic heterocycles. The molecule has 4 heteroatoms. The molecule has 4 nitrogen and oxygen atoms in total. The van der Waals surface area contributed by atoms with E-state index in [-0.39, 0.29) is 6.04 Å². The van der Waals surface area contributed by atoms with Crippen molar-refractivity contribution in [2.45, 2.75) is 26.8 Å². The number of aryl methyl sites for hydroxylation is 1. The second-order valence-corrected chi connectivity index (χ2v) is 5.54. The lowest BCUT2D eigenvalue weighted by Crippen LogP contribution is -2.07. The average Bonchev–Trinajstić information content (AvgIpc) is 2.82. The number of anilines is 1. The van der Waals surface area contributed by atoms with Crippen LogP contribution in [0.2, 0.25) is 0 Å². The number of aromatic nitrogens is 2. The van der Waals surface area contributed by atoms with Crippen LogP contribution >= 0.6 is 0 Å². The molecule has 1 heterocycles. The maximum Gasteiger partial charge on any atom is 0.119 e. The molecule has 0 spiro atoms. The zero-order chi connectivity index (χ0) is 14.5. The van der Waals surface area contributed by atoms with E-state index < -0.39 is 0 Å². The van der Waals surface area contributed by atoms with Gasteiger partial charge in [-0.1, -0.05) is 26.0 Å². The number of ether oxygens (including phenoxy) is 1. The van der Waals surface area contributed by atoms with Crippen LogP contribution in [0.5, 0.6) is 5.75 Å². The monoisotopic (exact) mass is 273 g/mol. The van der Waals surface area contributed by atoms with Crippen LogP contribution in [-0.4, -0.2) is 16.4 Å². The largest absolute Gasteiger partial charge is 0.493 e. The Bertz CT molecular complexity index is 531. The first kappa shape index (κ1) is 14.4. The highest BCUT2D eigenvalue weighted by molar-refractivity contribution is 5.42. The standard InChI is InChI=1S/C16H23N3O/c1-12(2)11-20-16-7-5-14(6-8-16)13(3)18-15-9-17-19(4)10-15/h5-10,12-13,18H,11H2,1-4H3. The fraction of sp³-hybridized carbons (Fsp3) is 0.438. The predicted molar refractivity (Wildman–Crippen MR) is 82.0 cm³/mol. The molecule has 0 amide bonds. The molecule has 1 atom stereocenters. The second-order valence-electron chi connectivity index (χ2n) is 5.54. The Labute approximate surface area is 120 Å². The average molecular weight is 273 g/mol. The molecular weight excluding hydrogens is 250 g/mol. The zero-order valence-electron chi connectivity index (χ0n) is 12.6. The van der Waals surface area contributed by atoms with Gasteiger partial charge in [0, 0.05) is 19.3 Å². The Kier molecular flexibility index (Phi) is 4.66. The molecule has 0 fully saturated rings. The van der Waals surface area contributed by atoms with Gasteiger partial charge in [0.05, 0.1) is 18.5 Å². The molecule has 108 valence electrons. The van der Waals surface area contributed by atoms with Crippen molar-refractivity contribution in [1.29, 1.82) is 0 Å². The summed E-state index contributed by atoms with van der Waals surface area (Å²) in [5.41, 5.74) is 2.26. The van der Waals surface area contributed by atoms with Crippen LogP contribution in [0.4, 0.5) is 5.69 Å². The summed E-state index contributed by atoms with van der Waals surface area (Å²) in [6.45, 7) is 7.18. The van der Waals surface area contributed by atoms with Crippen LogP contribution in [0.15, 0.2) is 36.7 Å². The van der Waals surface area contributed by atoms with E-state index in [1.807, 2.05) is 31.6 Å². The number of hydrogen-bond acceptors (Lipinski definition) is 3. The Morgan fingerprint density at radius 2 is 1.90 bits per heavy atom. The summed E-state index contributed by atoms with van der Waals surface area (Å²) in [7, 11) is 1.91. The molecule has 1 N–H and O–H groups in total. The van der Waals surface area contributed by atoms with Crippen molar-refractivity contribution in [2.24, 2.45) is 13.0 Å². The van der Waals surface area contributed by atoms with E-state index in [1.54, 1.807) is 4.68 Å². The lowest BCUT2D eigenvalue weighted by Gasteiger charge is -2.15. The Morgan fingerprint density at radius 3 is 2.45 bits per heavy atom. The molecule has 0 aliphatic rings. The smallest absolute Gasteiger partial charge is 0.119 e. The molecule has 1 aromatic carbocycles. The van der Waals surface area contributed by atoms with Crippen LogP contribution in [0, 0.1) is 5.92 Å². The van der Waals surface area contributed by atoms with Crippen LogP contribution in [0.3, 0.4) is 0 Å². The summed E-state index contributed by atoms with van der Waals surface area (Å²) in [5, 5.41) is 7.58. The number of benzene rings is 1. The third-order valence-corrected chi connectivity index (χ3v) is 3.05. The first-order valence-corrected chi connectivity index (χ1v) is 7.02. The van der Waals surface area contributed by atoms with Gasteiger partial charge >= 0.3 is 0 Å². The van der Waals surface area contributed by atoms with Crippen molar-refractivity contribution in [3.05, 3.63) is 42.2 Å². The van der Waals surface area contributed by atoms with Crippen molar-refractivity contribution in [2.75, 3.05) is 11.9 Å². The number of nitrogens with zero attached hydrogens (tertiary/aromatic N) is 2. The predicted octanol–water partition coefficient (Wildman–Crippen LogP) is 3.63. The highest BCUT2D eigenvalue weighted by Gasteiger charge is 2.07. The number of nitrogens with one attached hydrogen (secondary N) is 1. The highest BCUT2D eigenvalue weighted by Crippen LogP contribution is 2.21. The van der Waals surface area contributed by atoms with Gasteiger partial charge in [-0.3, -0.25) is 4.68 Å². The van der Waals surface area contributed by atoms with Crippen molar-refractivity contribution >= 4 is 5.69 Å². The molecule has 1 unspecified atom stereocenters. The normalized spacial score (nSPS) is 12.4. The maximum absolute atomic E-state index is 5.69. The van der Waals surface area contributed by atoms with Gasteiger partial charge in [0.25, 0.3) is 0 Å². The first-order chi connectivity index (χ1) is 9.54. The van der Waals surface area contributed by atoms with E-state index in [2.05, 4.69) is 43.3 Å². The van der Waals surface area contributed by atoms with Crippen LogP contribution in [-0.2, 0) is 7.05 Å². The zero-order valence-corrected chi connectivity index (χ0v) is 12.6. The number of rotatable bonds is 6. The van der Waals surface area contributed by atoms with Crippen molar-refractivity contribution in [3.63, 3.8) is 0 Å². The van der Waals surface area contributed by atoms with Gasteiger partial charge in [0.1, 0.15) is 5.75 Å². The third-order valence-electron chi connectivity index (χ3n) is 3.05. The SMILES string of the molecule is CC(C)COc1ccc(C(C)Nc2cnn(C)c2)cc1. The number of hydrogen-bond donors (Lipinski definition) is 1. The summed E-state index contributed by atoms with van der Waals surface area (Å²) in [4.78, 5) is 0. The highest BCUT2D eigenvalue weighted by atomic mass is 16.5. The van der Waals surface area contributed by atoms with E-state index >= 15 is 0 Å². The van der Waals surface area contributed by atoms with Gasteiger partial charge in [0.2, 0.25) is 0 Å². The molecule has 2 rings (SSSR count). The van der Waals surface area contributed by atoms with E-state index in [1.165, 1.54) is 5.56 Å². The molecule has 0 bridgehead atoms. The third kappa shape index (κ3) is 4.02. The van der Waals surface area contributed by atoms with E-state index in [9.17, 15) is 0 Å². The van der Waals surface area contributed by atoms with Gasteiger partial charge in [-0.2, -0.15) is 5.10 Å². The van der Waals surface area contributed by atoms with Crippen molar-refractivity contribution < 1.29 is 4.74 Å². The Hall–Kier alpha value is -1.97. The molecule has 0 aliphatic heterocycles. The summed E-state index contributed by atoms with van der Waals surface area (Å²) in [5.74, 6) is 1.47. The van der Waals surface area contributed by atoms with Crippen molar-refractivity contribution in [3.8, 4) is 5.75 Å². The topological polar surface area (TPSA) is 39.1 Å². The van der Waals surface area contributed by atoms with Crippen LogP contribution < -0.4 is 10.1 Å². The van der Waals surface area contributed by atoms with Gasteiger partial charge in [-0.25, -0.2) is 0 Å². The van der Waals surface area contributed by atoms with E-state index in [0.717, 1.165) is 18.0 Å². The van der Waals surface area contributed by atoms with E-state index in [4.69, 9.17) is 4.74 Å². The molecule has 20 heavy (non-hydrogen) atoms. The lowest BCUT2D eigenvalue weighted by molar-refractivity contribution is 0.271. The molecule has 0 radical (unpaired) electrons. The summed E-state index contributed by atoms with van der Waals surface area (Å²) in [6.07, 6.45) is 3.80. The van der Waals surface area contributed by atoms with Gasteiger partial charge < -0.3 is 10.1 Å². The van der Waals surface area contributed by atoms with E-state index in [0.29, 0.717) is 5.92 Å². The minimum atomic E-state index is 0.235. The molecule has 0 aliphatic carbocycles. The van der Waals surface area contributed by atoms with Crippen LogP contribution in [0.1, 0.15) is 32.4 Å². The summed E-state index contributed by atoms with van der Waals surface area (Å²) >= 11 is 0. The Morgan fingerprint density at radius 1 is 1.20 bits per heavy atom. The summed E-state index contributed by atoms with van der Waals surface area (Å²) in [6, 6.07) is 8.49. The lowest BCUT2D eigenvalue weighted by atomic mass is 10.1. The first-order valence-electron chi connectivity index (χ1n) is 7.02. The molecule has 0 saturated heterocycles. The molecular formula is C16H23N3O. The van der Waals surface area contributed by atoms with Crippen molar-refractivity contribution in [1.82, 2.24) is 9.78 Å². The maximum atomic E-state index is 5.69. The van der Waals surface area contributed by atoms with Crippen LogP contribution in [0.25, 0.3) is 0 Å². The van der Waals surface area contributed by atoms with Gasteiger partial charge in [0.15, 0.2) is 0 Å². The molecule has 2 aromatic rings. The fourth-order valence-corrected chi connectivity index (χ4v) is 1.94.